The van der Waals surface area contributed by atoms with Gasteiger partial charge in [-0.3, -0.25) is 9.69 Å². The molecular formula is C24H26F3N3O6S. The molecule has 9 nitrogen and oxygen atoms in total. The van der Waals surface area contributed by atoms with Crippen LogP contribution in [0.2, 0.25) is 0 Å². The van der Waals surface area contributed by atoms with E-state index in [0.717, 1.165) is 27.5 Å². The van der Waals surface area contributed by atoms with Crippen LogP contribution in [-0.2, 0) is 23.8 Å². The van der Waals surface area contributed by atoms with Gasteiger partial charge in [-0.25, -0.2) is 22.1 Å². The molecule has 2 heterocycles. The molecule has 2 aliphatic rings. The summed E-state index contributed by atoms with van der Waals surface area (Å²) in [5.74, 6) is -2.60. The van der Waals surface area contributed by atoms with Crippen LogP contribution in [0.1, 0.15) is 25.3 Å². The van der Waals surface area contributed by atoms with Crippen molar-refractivity contribution >= 4 is 33.5 Å². The molecule has 2 aliphatic heterocycles. The Kier molecular flexibility index (Phi) is 7.64. The molecule has 4 rings (SSSR count). The van der Waals surface area contributed by atoms with Gasteiger partial charge in [0.2, 0.25) is 5.91 Å². The molecule has 200 valence electrons. The quantitative estimate of drug-likeness (QED) is 0.536. The number of benzene rings is 2. The lowest BCUT2D eigenvalue weighted by Gasteiger charge is -2.38. The monoisotopic (exact) mass is 541 g/mol. The maximum atomic E-state index is 15.3. The lowest BCUT2D eigenvalue weighted by Crippen LogP contribution is -2.50. The van der Waals surface area contributed by atoms with E-state index in [9.17, 15) is 22.4 Å². The first-order valence-corrected chi connectivity index (χ1v) is 13.0. The number of hydrogen-bond acceptors (Lipinski definition) is 7. The highest BCUT2D eigenvalue weighted by atomic mass is 32.2. The van der Waals surface area contributed by atoms with Crippen molar-refractivity contribution in [2.75, 3.05) is 29.4 Å². The van der Waals surface area contributed by atoms with E-state index < -0.39 is 52.0 Å². The third kappa shape index (κ3) is 5.82. The van der Waals surface area contributed by atoms with Gasteiger partial charge in [-0.15, -0.1) is 0 Å². The van der Waals surface area contributed by atoms with E-state index in [1.54, 1.807) is 19.1 Å². The van der Waals surface area contributed by atoms with Crippen molar-refractivity contribution < 1.29 is 40.1 Å². The highest BCUT2D eigenvalue weighted by molar-refractivity contribution is 7.86. The molecule has 0 aromatic heterocycles. The van der Waals surface area contributed by atoms with E-state index in [1.807, 2.05) is 0 Å². The maximum Gasteiger partial charge on any atom is 0.414 e. The van der Waals surface area contributed by atoms with E-state index in [-0.39, 0.29) is 49.0 Å². The number of ether oxygens (including phenoxy) is 1. The number of piperidine rings is 1. The van der Waals surface area contributed by atoms with Crippen molar-refractivity contribution in [2.24, 2.45) is 0 Å². The van der Waals surface area contributed by atoms with Crippen LogP contribution in [0.3, 0.4) is 0 Å². The molecule has 2 amide bonds. The van der Waals surface area contributed by atoms with E-state index in [0.29, 0.717) is 0 Å². The summed E-state index contributed by atoms with van der Waals surface area (Å²) in [6.45, 7) is 2.96. The summed E-state index contributed by atoms with van der Waals surface area (Å²) in [5, 5.41) is 2.50. The Morgan fingerprint density at radius 3 is 2.46 bits per heavy atom. The normalized spacial score (nSPS) is 22.2. The van der Waals surface area contributed by atoms with Gasteiger partial charge in [-0.1, -0.05) is 17.7 Å². The Hall–Kier alpha value is -3.32. The Balaban J connectivity index is 1.59. The van der Waals surface area contributed by atoms with Gasteiger partial charge in [0.1, 0.15) is 18.0 Å². The topological polar surface area (TPSA) is 105 Å². The van der Waals surface area contributed by atoms with Crippen molar-refractivity contribution in [2.45, 2.75) is 50.1 Å². The molecule has 2 saturated heterocycles. The van der Waals surface area contributed by atoms with Crippen LogP contribution in [0.25, 0.3) is 0 Å². The number of aryl methyl sites for hydroxylation is 1. The molecule has 0 aliphatic carbocycles. The number of carbonyl (C=O) groups excluding carboxylic acids is 2. The van der Waals surface area contributed by atoms with E-state index in [2.05, 4.69) is 5.32 Å². The highest BCUT2D eigenvalue weighted by Crippen LogP contribution is 2.36. The van der Waals surface area contributed by atoms with Crippen LogP contribution in [0.4, 0.5) is 29.3 Å². The lowest BCUT2D eigenvalue weighted by atomic mass is 10.1. The Morgan fingerprint density at radius 2 is 1.84 bits per heavy atom. The van der Waals surface area contributed by atoms with Gasteiger partial charge in [-0.2, -0.15) is 8.42 Å². The number of carbonyl (C=O) groups is 2. The summed E-state index contributed by atoms with van der Waals surface area (Å²) in [4.78, 5) is 25.0. The molecule has 0 radical (unpaired) electrons. The number of amides is 2. The fraction of sp³-hybridized carbons (Fsp3) is 0.417. The van der Waals surface area contributed by atoms with Gasteiger partial charge in [0, 0.05) is 25.6 Å². The number of rotatable bonds is 7. The van der Waals surface area contributed by atoms with Gasteiger partial charge >= 0.3 is 6.09 Å². The second-order valence-electron chi connectivity index (χ2n) is 8.92. The van der Waals surface area contributed by atoms with Gasteiger partial charge in [-0.05, 0) is 31.9 Å². The standard InChI is InChI=1S/C24H26F3N3O6S/c1-14-5-7-18(8-6-14)37(33,34)36-23-19(25)4-3-9-29(23)22-20(26)10-16(11-21(22)27)30-13-17(35-24(30)32)12-28-15(2)31/h5-8,10-11,17,19,23H,3-4,9,12-13H2,1-2H3,(H,28,31). The van der Waals surface area contributed by atoms with Crippen LogP contribution in [0, 0.1) is 18.6 Å². The van der Waals surface area contributed by atoms with E-state index >= 15 is 8.78 Å². The summed E-state index contributed by atoms with van der Waals surface area (Å²) in [6, 6.07) is 7.46. The molecule has 2 aromatic rings. The summed E-state index contributed by atoms with van der Waals surface area (Å²) in [7, 11) is -4.45. The molecule has 2 aromatic carbocycles. The van der Waals surface area contributed by atoms with Crippen LogP contribution >= 0.6 is 0 Å². The van der Waals surface area contributed by atoms with Crippen molar-refractivity contribution in [1.82, 2.24) is 5.32 Å². The van der Waals surface area contributed by atoms with Gasteiger partial charge in [0.05, 0.1) is 23.7 Å². The molecule has 37 heavy (non-hydrogen) atoms. The molecule has 1 N–H and O–H groups in total. The van der Waals surface area contributed by atoms with Gasteiger partial charge < -0.3 is 15.0 Å². The first kappa shape index (κ1) is 26.7. The van der Waals surface area contributed by atoms with Crippen molar-refractivity contribution in [3.63, 3.8) is 0 Å². The highest BCUT2D eigenvalue weighted by Gasteiger charge is 2.40. The molecule has 13 heteroatoms. The van der Waals surface area contributed by atoms with Crippen molar-refractivity contribution in [1.29, 1.82) is 0 Å². The number of cyclic esters (lactones) is 1. The van der Waals surface area contributed by atoms with Gasteiger partial charge in [0.15, 0.2) is 17.9 Å². The Bertz CT molecular complexity index is 1270. The minimum absolute atomic E-state index is 0.0285. The second kappa shape index (κ2) is 10.6. The zero-order valence-electron chi connectivity index (χ0n) is 20.1. The maximum absolute atomic E-state index is 15.3. The van der Waals surface area contributed by atoms with Gasteiger partial charge in [0.25, 0.3) is 10.1 Å². The third-order valence-electron chi connectivity index (χ3n) is 6.08. The number of alkyl halides is 1. The van der Waals surface area contributed by atoms with E-state index in [4.69, 9.17) is 8.92 Å². The molecule has 0 saturated carbocycles. The zero-order chi connectivity index (χ0) is 26.9. The smallest absolute Gasteiger partial charge is 0.414 e. The number of nitrogens with zero attached hydrogens (tertiary/aromatic N) is 2. The number of anilines is 2. The predicted octanol–water partition coefficient (Wildman–Crippen LogP) is 3.40. The van der Waals surface area contributed by atoms with Crippen LogP contribution in [0.15, 0.2) is 41.3 Å². The second-order valence-corrected chi connectivity index (χ2v) is 10.5. The summed E-state index contributed by atoms with van der Waals surface area (Å²) < 4.78 is 81.4. The molecular weight excluding hydrogens is 515 g/mol. The zero-order valence-corrected chi connectivity index (χ0v) is 20.9. The average molecular weight is 542 g/mol. The molecule has 2 fully saturated rings. The largest absolute Gasteiger partial charge is 0.442 e. The van der Waals surface area contributed by atoms with Crippen molar-refractivity contribution in [3.8, 4) is 0 Å². The summed E-state index contributed by atoms with van der Waals surface area (Å²) in [5.41, 5.74) is -0.0145. The van der Waals surface area contributed by atoms with Crippen LogP contribution in [-0.4, -0.2) is 58.6 Å². The minimum atomic E-state index is -4.45. The molecule has 0 bridgehead atoms. The summed E-state index contributed by atoms with van der Waals surface area (Å²) >= 11 is 0. The fourth-order valence-electron chi connectivity index (χ4n) is 4.24. The van der Waals surface area contributed by atoms with Crippen molar-refractivity contribution in [3.05, 3.63) is 53.6 Å². The average Bonchev–Trinajstić information content (AvgIpc) is 3.20. The predicted molar refractivity (Wildman–Crippen MR) is 127 cm³/mol. The Morgan fingerprint density at radius 1 is 1.19 bits per heavy atom. The molecule has 3 atom stereocenters. The van der Waals surface area contributed by atoms with E-state index in [1.165, 1.54) is 19.1 Å². The molecule has 0 spiro atoms. The Labute approximate surface area is 212 Å². The first-order chi connectivity index (χ1) is 17.5. The summed E-state index contributed by atoms with van der Waals surface area (Å²) in [6.07, 6.45) is -5.06. The third-order valence-corrected chi connectivity index (χ3v) is 7.38. The van der Waals surface area contributed by atoms with Crippen LogP contribution in [0.5, 0.6) is 0 Å². The number of halogens is 3. The SMILES string of the molecule is CC(=O)NCC1CN(c2cc(F)c(N3CCCC(F)C3OS(=O)(=O)c3ccc(C)cc3)c(F)c2)C(=O)O1. The minimum Gasteiger partial charge on any atom is -0.442 e. The lowest BCUT2D eigenvalue weighted by molar-refractivity contribution is -0.119. The number of hydrogen-bond donors (Lipinski definition) is 1. The number of nitrogens with one attached hydrogen (secondary N) is 1. The first-order valence-electron chi connectivity index (χ1n) is 11.6. The molecule has 3 unspecified atom stereocenters. The van der Waals surface area contributed by atoms with Crippen LogP contribution < -0.4 is 15.1 Å². The fourth-order valence-corrected chi connectivity index (χ4v) is 5.31.